The van der Waals surface area contributed by atoms with Gasteiger partial charge in [-0.15, -0.1) is 5.10 Å². The zero-order valence-electron chi connectivity index (χ0n) is 21.3. The molecule has 13 heteroatoms. The van der Waals surface area contributed by atoms with E-state index in [4.69, 9.17) is 15.1 Å². The van der Waals surface area contributed by atoms with Gasteiger partial charge in [-0.2, -0.15) is 9.78 Å². The van der Waals surface area contributed by atoms with Crippen LogP contribution in [0.15, 0.2) is 24.3 Å². The third-order valence-corrected chi connectivity index (χ3v) is 9.26. The van der Waals surface area contributed by atoms with Gasteiger partial charge in [0.1, 0.15) is 22.5 Å². The highest BCUT2D eigenvalue weighted by atomic mass is 32.1. The number of fused-ring (bicyclic) bond motifs is 2. The summed E-state index contributed by atoms with van der Waals surface area (Å²) in [4.78, 5) is 29.2. The van der Waals surface area contributed by atoms with E-state index in [1.165, 1.54) is 34.8 Å². The van der Waals surface area contributed by atoms with Crippen LogP contribution in [0.5, 0.6) is 0 Å². The van der Waals surface area contributed by atoms with Gasteiger partial charge in [-0.05, 0) is 44.0 Å². The number of nitrogens with one attached hydrogen (secondary N) is 1. The second kappa shape index (κ2) is 9.21. The molecule has 2 saturated heterocycles. The normalized spacial score (nSPS) is 20.4. The van der Waals surface area contributed by atoms with Crippen LogP contribution in [0.25, 0.3) is 16.2 Å². The number of benzene rings is 1. The largest absolute Gasteiger partial charge is 0.342 e. The molecule has 5 heterocycles. The van der Waals surface area contributed by atoms with E-state index in [1.807, 2.05) is 28.3 Å². The topological polar surface area (TPSA) is 105 Å². The number of rotatable bonds is 5. The van der Waals surface area contributed by atoms with Gasteiger partial charge in [0.15, 0.2) is 10.9 Å². The van der Waals surface area contributed by atoms with Crippen LogP contribution in [0.4, 0.5) is 25.3 Å². The van der Waals surface area contributed by atoms with Gasteiger partial charge in [0, 0.05) is 32.2 Å². The van der Waals surface area contributed by atoms with Crippen molar-refractivity contribution < 1.29 is 9.18 Å². The molecule has 0 aliphatic carbocycles. The smallest absolute Gasteiger partial charge is 0.317 e. The zero-order chi connectivity index (χ0) is 26.7. The summed E-state index contributed by atoms with van der Waals surface area (Å²) < 4.78 is 15.3. The highest BCUT2D eigenvalue weighted by Crippen LogP contribution is 2.42. The number of anilines is 3. The predicted octanol–water partition coefficient (Wildman–Crippen LogP) is 4.25. The fraction of sp³-hybridized carbons (Fsp3) is 0.400. The molecule has 0 radical (unpaired) electrons. The minimum Gasteiger partial charge on any atom is -0.342 e. The number of carbonyl (C=O) groups excluding carboxylic acids is 1. The number of amides is 2. The summed E-state index contributed by atoms with van der Waals surface area (Å²) in [6.45, 7) is 4.95. The molecule has 0 saturated carbocycles. The quantitative estimate of drug-likeness (QED) is 0.370. The number of carbonyl (C=O) groups is 1. The van der Waals surface area contributed by atoms with Crippen molar-refractivity contribution in [1.82, 2.24) is 29.8 Å². The summed E-state index contributed by atoms with van der Waals surface area (Å²) in [5.41, 5.74) is 2.10. The Bertz CT molecular complexity index is 1570. The van der Waals surface area contributed by atoms with Gasteiger partial charge >= 0.3 is 6.03 Å². The van der Waals surface area contributed by atoms with Crippen LogP contribution in [0.3, 0.4) is 0 Å². The highest BCUT2D eigenvalue weighted by molar-refractivity contribution is 7.20. The summed E-state index contributed by atoms with van der Waals surface area (Å²) in [6, 6.07) is 8.92. The van der Waals surface area contributed by atoms with Crippen LogP contribution in [0.2, 0.25) is 0 Å². The molecule has 1 N–H and O–H groups in total. The first kappa shape index (κ1) is 24.6. The molecule has 2 amide bonds. The second-order valence-corrected chi connectivity index (χ2v) is 11.4. The lowest BCUT2D eigenvalue weighted by Gasteiger charge is -2.30. The van der Waals surface area contributed by atoms with Crippen molar-refractivity contribution in [1.29, 1.82) is 5.26 Å². The lowest BCUT2D eigenvalue weighted by atomic mass is 10.0. The number of halogens is 1. The molecule has 1 aromatic carbocycles. The summed E-state index contributed by atoms with van der Waals surface area (Å²) >= 11 is 2.81. The Balaban J connectivity index is 1.34. The van der Waals surface area contributed by atoms with E-state index in [1.54, 1.807) is 19.2 Å². The van der Waals surface area contributed by atoms with Gasteiger partial charge in [-0.3, -0.25) is 0 Å². The predicted molar refractivity (Wildman–Crippen MR) is 146 cm³/mol. The molecule has 2 fully saturated rings. The Morgan fingerprint density at radius 1 is 1.26 bits per heavy atom. The van der Waals surface area contributed by atoms with Gasteiger partial charge in [0.05, 0.1) is 17.8 Å². The van der Waals surface area contributed by atoms with Gasteiger partial charge in [0.2, 0.25) is 10.1 Å². The molecule has 2 aliphatic heterocycles. The number of nitrogens with zero attached hydrogens (tertiary/aromatic N) is 8. The Morgan fingerprint density at radius 3 is 2.71 bits per heavy atom. The van der Waals surface area contributed by atoms with E-state index in [-0.39, 0.29) is 30.0 Å². The molecule has 0 bridgehead atoms. The van der Waals surface area contributed by atoms with E-state index in [0.29, 0.717) is 27.7 Å². The summed E-state index contributed by atoms with van der Waals surface area (Å²) in [6.07, 6.45) is 1.60. The maximum absolute atomic E-state index is 13.5. The van der Waals surface area contributed by atoms with E-state index >= 15 is 0 Å². The number of aromatic nitrogens is 4. The number of thiazole rings is 1. The standard InChI is InChI=1S/C25H26FN9OS2/c1-5-16-21(32(4)23-30-20(19(11-27)37-23)14-6-8-15(26)9-7-14)35-24(29-16)38-25(31-35)33-12-18-17(10-13(33)2)34(18)22(36)28-3/h6-9,13,17-18H,5,10,12H2,1-4H3,(H,28,36). The first-order valence-corrected chi connectivity index (χ1v) is 14.0. The zero-order valence-corrected chi connectivity index (χ0v) is 23.0. The number of urea groups is 1. The number of hydrogen-bond acceptors (Lipinski definition) is 9. The van der Waals surface area contributed by atoms with E-state index < -0.39 is 0 Å². The summed E-state index contributed by atoms with van der Waals surface area (Å²) in [5, 5.41) is 19.0. The Kier molecular flexibility index (Phi) is 5.96. The van der Waals surface area contributed by atoms with E-state index in [9.17, 15) is 14.4 Å². The van der Waals surface area contributed by atoms with Crippen LogP contribution in [-0.2, 0) is 6.42 Å². The summed E-state index contributed by atoms with van der Waals surface area (Å²) in [7, 11) is 3.56. The van der Waals surface area contributed by atoms with Crippen LogP contribution in [0.1, 0.15) is 30.8 Å². The van der Waals surface area contributed by atoms with Crippen molar-refractivity contribution in [3.8, 4) is 17.3 Å². The number of piperidine rings is 1. The maximum atomic E-state index is 13.5. The molecule has 10 nitrogen and oxygen atoms in total. The first-order chi connectivity index (χ1) is 18.3. The van der Waals surface area contributed by atoms with Gasteiger partial charge in [0.25, 0.3) is 0 Å². The molecule has 6 rings (SSSR count). The van der Waals surface area contributed by atoms with Crippen molar-refractivity contribution in [2.75, 3.05) is 30.4 Å². The van der Waals surface area contributed by atoms with Gasteiger partial charge < -0.3 is 20.0 Å². The molecule has 196 valence electrons. The molecule has 4 aromatic rings. The second-order valence-electron chi connectivity index (χ2n) is 9.50. The SMILES string of the molecule is CCc1nc2sc(N3CC4C(CC3C)N4C(=O)NC)nn2c1N(C)c1nc(-c2ccc(F)cc2)c(C#N)s1. The van der Waals surface area contributed by atoms with Crippen LogP contribution < -0.4 is 15.1 Å². The summed E-state index contributed by atoms with van der Waals surface area (Å²) in [5.74, 6) is 0.463. The van der Waals surface area contributed by atoms with Crippen molar-refractivity contribution in [3.63, 3.8) is 0 Å². The average Bonchev–Trinajstić information content (AvgIpc) is 3.21. The molecule has 3 aromatic heterocycles. The van der Waals surface area contributed by atoms with Crippen molar-refractivity contribution in [2.45, 2.75) is 44.8 Å². The van der Waals surface area contributed by atoms with Crippen LogP contribution in [-0.4, -0.2) is 69.3 Å². The van der Waals surface area contributed by atoms with Crippen molar-refractivity contribution >= 4 is 49.7 Å². The van der Waals surface area contributed by atoms with Gasteiger partial charge in [-0.1, -0.05) is 29.6 Å². The third kappa shape index (κ3) is 3.86. The Labute approximate surface area is 226 Å². The van der Waals surface area contributed by atoms with E-state index in [0.717, 1.165) is 34.6 Å². The monoisotopic (exact) mass is 551 g/mol. The lowest BCUT2D eigenvalue weighted by molar-refractivity contribution is 0.227. The fourth-order valence-corrected chi connectivity index (χ4v) is 7.13. The third-order valence-electron chi connectivity index (χ3n) is 7.27. The first-order valence-electron chi connectivity index (χ1n) is 12.4. The maximum Gasteiger partial charge on any atom is 0.317 e. The minimum atomic E-state index is -0.338. The van der Waals surface area contributed by atoms with Crippen molar-refractivity contribution in [3.05, 3.63) is 40.7 Å². The van der Waals surface area contributed by atoms with E-state index in [2.05, 4.69) is 23.2 Å². The van der Waals surface area contributed by atoms with Crippen LogP contribution >= 0.6 is 22.7 Å². The van der Waals surface area contributed by atoms with Crippen LogP contribution in [0, 0.1) is 17.1 Å². The molecule has 3 atom stereocenters. The molecule has 3 unspecified atom stereocenters. The molecule has 2 aliphatic rings. The number of imidazole rings is 1. The van der Waals surface area contributed by atoms with Crippen molar-refractivity contribution in [2.24, 2.45) is 0 Å². The van der Waals surface area contributed by atoms with Gasteiger partial charge in [-0.25, -0.2) is 19.2 Å². The number of nitriles is 1. The highest BCUT2D eigenvalue weighted by Gasteiger charge is 2.55. The number of aryl methyl sites for hydroxylation is 1. The fourth-order valence-electron chi connectivity index (χ4n) is 5.25. The molecular weight excluding hydrogens is 525 g/mol. The Hall–Kier alpha value is -3.76. The average molecular weight is 552 g/mol. The molecule has 38 heavy (non-hydrogen) atoms. The lowest BCUT2D eigenvalue weighted by Crippen LogP contribution is -2.41. The molecule has 0 spiro atoms. The number of hydrogen-bond donors (Lipinski definition) is 1. The molecular formula is C25H26FN9OS2. The minimum absolute atomic E-state index is 0.0281. The Morgan fingerprint density at radius 2 is 2.03 bits per heavy atom.